The van der Waals surface area contributed by atoms with Crippen molar-refractivity contribution in [2.75, 3.05) is 6.54 Å². The number of nitrogens with zero attached hydrogens (tertiary/aromatic N) is 1. The van der Waals surface area contributed by atoms with Crippen molar-refractivity contribution in [1.82, 2.24) is 4.90 Å². The summed E-state index contributed by atoms with van der Waals surface area (Å²) in [6.45, 7) is 6.72. The Morgan fingerprint density at radius 2 is 1.95 bits per heavy atom. The van der Waals surface area contributed by atoms with Gasteiger partial charge in [0.15, 0.2) is 11.6 Å². The molecule has 0 radical (unpaired) electrons. The molecule has 1 amide bonds. The highest BCUT2D eigenvalue weighted by molar-refractivity contribution is 5.94. The average molecular weight is 267 g/mol. The summed E-state index contributed by atoms with van der Waals surface area (Å²) in [7, 11) is 0. The van der Waals surface area contributed by atoms with Crippen molar-refractivity contribution < 1.29 is 13.6 Å². The van der Waals surface area contributed by atoms with E-state index < -0.39 is 17.5 Å². The third-order valence-electron chi connectivity index (χ3n) is 4.04. The molecule has 19 heavy (non-hydrogen) atoms. The Hall–Kier alpha value is -1.45. The van der Waals surface area contributed by atoms with Gasteiger partial charge in [-0.1, -0.05) is 19.9 Å². The number of amides is 1. The van der Waals surface area contributed by atoms with Gasteiger partial charge in [0.25, 0.3) is 5.91 Å². The minimum atomic E-state index is -1.05. The molecule has 1 saturated heterocycles. The molecule has 0 saturated carbocycles. The molecule has 0 N–H and O–H groups in total. The first-order valence-electron chi connectivity index (χ1n) is 6.66. The fraction of sp³-hybridized carbons (Fsp3) is 0.533. The SMILES string of the molecule is CC1CC(C)C(C)N(C(=O)c2cccc(F)c2F)C1. The zero-order chi connectivity index (χ0) is 14.2. The monoisotopic (exact) mass is 267 g/mol. The summed E-state index contributed by atoms with van der Waals surface area (Å²) < 4.78 is 26.9. The predicted octanol–water partition coefficient (Wildman–Crippen LogP) is 3.47. The molecule has 3 unspecified atom stereocenters. The van der Waals surface area contributed by atoms with Crippen LogP contribution >= 0.6 is 0 Å². The van der Waals surface area contributed by atoms with Gasteiger partial charge in [-0.2, -0.15) is 0 Å². The number of carbonyl (C=O) groups excluding carboxylic acids is 1. The second kappa shape index (κ2) is 5.27. The highest BCUT2D eigenvalue weighted by Crippen LogP contribution is 2.28. The number of hydrogen-bond donors (Lipinski definition) is 0. The standard InChI is InChI=1S/C15H19F2NO/c1-9-7-10(2)11(3)18(8-9)15(19)12-5-4-6-13(16)14(12)17/h4-6,9-11H,7-8H2,1-3H3. The Bertz CT molecular complexity index is 489. The number of hydrogen-bond acceptors (Lipinski definition) is 1. The van der Waals surface area contributed by atoms with Crippen molar-refractivity contribution in [3.8, 4) is 0 Å². The molecule has 1 aromatic carbocycles. The number of benzene rings is 1. The van der Waals surface area contributed by atoms with Crippen LogP contribution in [0.2, 0.25) is 0 Å². The van der Waals surface area contributed by atoms with Crippen LogP contribution in [0.15, 0.2) is 18.2 Å². The topological polar surface area (TPSA) is 20.3 Å². The van der Waals surface area contributed by atoms with Crippen LogP contribution in [0.3, 0.4) is 0 Å². The van der Waals surface area contributed by atoms with Crippen LogP contribution in [-0.2, 0) is 0 Å². The summed E-state index contributed by atoms with van der Waals surface area (Å²) in [6.07, 6.45) is 1.05. The molecule has 0 bridgehead atoms. The Kier molecular flexibility index (Phi) is 3.88. The number of rotatable bonds is 1. The van der Waals surface area contributed by atoms with Gasteiger partial charge in [0.1, 0.15) is 0 Å². The zero-order valence-corrected chi connectivity index (χ0v) is 11.5. The zero-order valence-electron chi connectivity index (χ0n) is 11.5. The first-order valence-corrected chi connectivity index (χ1v) is 6.66. The fourth-order valence-corrected chi connectivity index (χ4v) is 2.81. The van der Waals surface area contributed by atoms with Crippen LogP contribution in [0.5, 0.6) is 0 Å². The molecule has 0 aromatic heterocycles. The van der Waals surface area contributed by atoms with Gasteiger partial charge < -0.3 is 4.90 Å². The first kappa shape index (κ1) is 14.0. The molecule has 1 heterocycles. The summed E-state index contributed by atoms with van der Waals surface area (Å²) >= 11 is 0. The van der Waals surface area contributed by atoms with E-state index in [-0.39, 0.29) is 11.6 Å². The van der Waals surface area contributed by atoms with Crippen LogP contribution in [0, 0.1) is 23.5 Å². The van der Waals surface area contributed by atoms with Gasteiger partial charge in [-0.15, -0.1) is 0 Å². The van der Waals surface area contributed by atoms with Crippen molar-refractivity contribution in [2.24, 2.45) is 11.8 Å². The normalized spacial score (nSPS) is 27.4. The van der Waals surface area contributed by atoms with Gasteiger partial charge in [-0.3, -0.25) is 4.79 Å². The largest absolute Gasteiger partial charge is 0.335 e. The van der Waals surface area contributed by atoms with Crippen molar-refractivity contribution in [3.63, 3.8) is 0 Å². The Morgan fingerprint density at radius 3 is 2.63 bits per heavy atom. The van der Waals surface area contributed by atoms with Crippen LogP contribution in [0.4, 0.5) is 8.78 Å². The second-order valence-electron chi connectivity index (χ2n) is 5.62. The molecular weight excluding hydrogens is 248 g/mol. The van der Waals surface area contributed by atoms with E-state index in [2.05, 4.69) is 13.8 Å². The molecule has 1 aliphatic rings. The van der Waals surface area contributed by atoms with Gasteiger partial charge >= 0.3 is 0 Å². The maximum atomic E-state index is 13.7. The number of piperidine rings is 1. The van der Waals surface area contributed by atoms with Crippen molar-refractivity contribution in [2.45, 2.75) is 33.2 Å². The lowest BCUT2D eigenvalue weighted by Crippen LogP contribution is -2.49. The lowest BCUT2D eigenvalue weighted by Gasteiger charge is -2.41. The molecule has 4 heteroatoms. The summed E-state index contributed by atoms with van der Waals surface area (Å²) in [6, 6.07) is 3.79. The number of carbonyl (C=O) groups is 1. The van der Waals surface area contributed by atoms with E-state index in [1.54, 1.807) is 4.90 Å². The minimum absolute atomic E-state index is 0.0476. The van der Waals surface area contributed by atoms with E-state index in [1.165, 1.54) is 12.1 Å². The molecule has 2 rings (SSSR count). The average Bonchev–Trinajstić information content (AvgIpc) is 2.36. The summed E-state index contributed by atoms with van der Waals surface area (Å²) in [5, 5.41) is 0. The van der Waals surface area contributed by atoms with Crippen LogP contribution < -0.4 is 0 Å². The van der Waals surface area contributed by atoms with E-state index in [4.69, 9.17) is 0 Å². The fourth-order valence-electron chi connectivity index (χ4n) is 2.81. The van der Waals surface area contributed by atoms with Gasteiger partial charge in [0.05, 0.1) is 5.56 Å². The molecule has 1 fully saturated rings. The van der Waals surface area contributed by atoms with Gasteiger partial charge in [0.2, 0.25) is 0 Å². The van der Waals surface area contributed by atoms with Gasteiger partial charge in [0, 0.05) is 12.6 Å². The smallest absolute Gasteiger partial charge is 0.257 e. The highest BCUT2D eigenvalue weighted by atomic mass is 19.2. The molecular formula is C15H19F2NO. The number of halogens is 2. The van der Waals surface area contributed by atoms with Crippen molar-refractivity contribution in [1.29, 1.82) is 0 Å². The second-order valence-corrected chi connectivity index (χ2v) is 5.62. The summed E-state index contributed by atoms with van der Waals surface area (Å²) in [5.74, 6) is -1.69. The quantitative estimate of drug-likeness (QED) is 0.763. The molecule has 0 spiro atoms. The van der Waals surface area contributed by atoms with Crippen molar-refractivity contribution >= 4 is 5.91 Å². The number of likely N-dealkylation sites (tertiary alicyclic amines) is 1. The van der Waals surface area contributed by atoms with Gasteiger partial charge in [-0.25, -0.2) is 8.78 Å². The lowest BCUT2D eigenvalue weighted by atomic mass is 9.85. The highest BCUT2D eigenvalue weighted by Gasteiger charge is 2.33. The molecule has 3 atom stereocenters. The van der Waals surface area contributed by atoms with Crippen molar-refractivity contribution in [3.05, 3.63) is 35.4 Å². The van der Waals surface area contributed by atoms with Crippen LogP contribution in [-0.4, -0.2) is 23.4 Å². The Morgan fingerprint density at radius 1 is 1.26 bits per heavy atom. The molecule has 0 aliphatic carbocycles. The van der Waals surface area contributed by atoms with E-state index in [1.807, 2.05) is 6.92 Å². The molecule has 1 aromatic rings. The molecule has 104 valence electrons. The first-order chi connectivity index (χ1) is 8.91. The third kappa shape index (κ3) is 2.62. The minimum Gasteiger partial charge on any atom is -0.335 e. The van der Waals surface area contributed by atoms with E-state index in [0.717, 1.165) is 12.5 Å². The summed E-state index contributed by atoms with van der Waals surface area (Å²) in [5.41, 5.74) is -0.173. The van der Waals surface area contributed by atoms with E-state index >= 15 is 0 Å². The lowest BCUT2D eigenvalue weighted by molar-refractivity contribution is 0.0450. The summed E-state index contributed by atoms with van der Waals surface area (Å²) in [4.78, 5) is 14.1. The third-order valence-corrected chi connectivity index (χ3v) is 4.04. The van der Waals surface area contributed by atoms with Crippen LogP contribution in [0.25, 0.3) is 0 Å². The molecule has 1 aliphatic heterocycles. The van der Waals surface area contributed by atoms with E-state index in [0.29, 0.717) is 18.4 Å². The van der Waals surface area contributed by atoms with Gasteiger partial charge in [-0.05, 0) is 37.3 Å². The Labute approximate surface area is 112 Å². The van der Waals surface area contributed by atoms with Crippen LogP contribution in [0.1, 0.15) is 37.6 Å². The molecule has 2 nitrogen and oxygen atoms in total. The Balaban J connectivity index is 2.30. The maximum Gasteiger partial charge on any atom is 0.257 e. The maximum absolute atomic E-state index is 13.7. The van der Waals surface area contributed by atoms with E-state index in [9.17, 15) is 13.6 Å². The predicted molar refractivity (Wildman–Crippen MR) is 69.8 cm³/mol.